The van der Waals surface area contributed by atoms with Crippen molar-refractivity contribution in [2.45, 2.75) is 116 Å². The van der Waals surface area contributed by atoms with Crippen LogP contribution >= 0.6 is 0 Å². The van der Waals surface area contributed by atoms with E-state index in [-0.39, 0.29) is 4.65 Å². The number of hydrogen-bond acceptors (Lipinski definition) is 1. The lowest BCUT2D eigenvalue weighted by Crippen LogP contribution is -2.49. The Labute approximate surface area is 157 Å². The molecule has 0 aromatic heterocycles. The van der Waals surface area contributed by atoms with Crippen LogP contribution in [0.1, 0.15) is 116 Å². The molecule has 0 saturated heterocycles. The third-order valence-electron chi connectivity index (χ3n) is 6.80. The minimum atomic E-state index is 0.157. The van der Waals surface area contributed by atoms with Crippen molar-refractivity contribution in [2.75, 3.05) is 19.6 Å². The van der Waals surface area contributed by atoms with Gasteiger partial charge in [-0.2, -0.15) is 0 Å². The number of nitrogens with zero attached hydrogens (tertiary/aromatic N) is 1. The van der Waals surface area contributed by atoms with Gasteiger partial charge in [-0.1, -0.05) is 77.6 Å². The van der Waals surface area contributed by atoms with Gasteiger partial charge in [-0.05, 0) is 38.5 Å². The van der Waals surface area contributed by atoms with Crippen molar-refractivity contribution in [1.29, 1.82) is 0 Å². The molecule has 2 aliphatic rings. The average Bonchev–Trinajstić information content (AvgIpc) is 2.62. The summed E-state index contributed by atoms with van der Waals surface area (Å²) in [6.07, 6.45) is 22.8. The molecule has 2 nitrogen and oxygen atoms in total. The van der Waals surface area contributed by atoms with Crippen molar-refractivity contribution in [3.05, 3.63) is 5.21 Å². The molecule has 0 aromatic rings. The minimum absolute atomic E-state index is 0.157. The van der Waals surface area contributed by atoms with E-state index in [1.807, 2.05) is 0 Å². The first kappa shape index (κ1) is 21.2. The lowest BCUT2D eigenvalue weighted by Gasteiger charge is -2.48. The molecule has 0 atom stereocenters. The van der Waals surface area contributed by atoms with Gasteiger partial charge in [0.15, 0.2) is 0 Å². The fourth-order valence-electron chi connectivity index (χ4n) is 5.29. The van der Waals surface area contributed by atoms with E-state index < -0.39 is 0 Å². The molecule has 148 valence electrons. The van der Waals surface area contributed by atoms with E-state index in [1.54, 1.807) is 0 Å². The summed E-state index contributed by atoms with van der Waals surface area (Å²) in [6, 6.07) is 0. The summed E-state index contributed by atoms with van der Waals surface area (Å²) in [5, 5.41) is 13.7. The van der Waals surface area contributed by atoms with Gasteiger partial charge >= 0.3 is 0 Å². The first-order valence-electron chi connectivity index (χ1n) is 11.8. The molecule has 0 aromatic carbocycles. The van der Waals surface area contributed by atoms with Gasteiger partial charge in [0.25, 0.3) is 0 Å². The van der Waals surface area contributed by atoms with E-state index >= 15 is 0 Å². The Morgan fingerprint density at radius 3 is 1.56 bits per heavy atom. The second-order valence-electron chi connectivity index (χ2n) is 9.28. The van der Waals surface area contributed by atoms with E-state index in [0.717, 1.165) is 37.9 Å². The molecule has 0 N–H and O–H groups in total. The van der Waals surface area contributed by atoms with Crippen LogP contribution in [0.4, 0.5) is 0 Å². The number of hydrogen-bond donors (Lipinski definition) is 0. The third-order valence-corrected chi connectivity index (χ3v) is 6.80. The smallest absolute Gasteiger partial charge is 0.0812 e. The second-order valence-corrected chi connectivity index (χ2v) is 9.28. The van der Waals surface area contributed by atoms with Crippen LogP contribution in [0, 0.1) is 17.0 Å². The van der Waals surface area contributed by atoms with Crippen LogP contribution in [0.2, 0.25) is 0 Å². The highest BCUT2D eigenvalue weighted by Gasteiger charge is 2.28. The number of rotatable bonds is 12. The first-order chi connectivity index (χ1) is 12.2. The van der Waals surface area contributed by atoms with E-state index in [2.05, 4.69) is 6.92 Å². The van der Waals surface area contributed by atoms with E-state index in [4.69, 9.17) is 0 Å². The minimum Gasteiger partial charge on any atom is -0.633 e. The molecule has 0 heterocycles. The van der Waals surface area contributed by atoms with Crippen molar-refractivity contribution in [2.24, 2.45) is 11.8 Å². The maximum absolute atomic E-state index is 13.7. The van der Waals surface area contributed by atoms with E-state index in [9.17, 15) is 5.21 Å². The lowest BCUT2D eigenvalue weighted by molar-refractivity contribution is -0.888. The Morgan fingerprint density at radius 2 is 1.08 bits per heavy atom. The molecule has 25 heavy (non-hydrogen) atoms. The molecule has 2 heteroatoms. The second kappa shape index (κ2) is 12.3. The van der Waals surface area contributed by atoms with Gasteiger partial charge in [-0.3, -0.25) is 0 Å². The van der Waals surface area contributed by atoms with Gasteiger partial charge in [0.1, 0.15) is 0 Å². The average molecular weight is 352 g/mol. The van der Waals surface area contributed by atoms with Crippen molar-refractivity contribution in [3.63, 3.8) is 0 Å². The number of quaternary nitrogens is 1. The Balaban J connectivity index is 1.75. The molecule has 0 radical (unpaired) electrons. The molecule has 0 spiro atoms. The SMILES string of the molecule is CCCCCCCCC[N+]([O-])(CC1CCCCC1)CC1CCCCC1. The molecule has 0 amide bonds. The molecular weight excluding hydrogens is 306 g/mol. The van der Waals surface area contributed by atoms with Gasteiger partial charge < -0.3 is 9.85 Å². The first-order valence-corrected chi connectivity index (χ1v) is 11.8. The van der Waals surface area contributed by atoms with Gasteiger partial charge in [0, 0.05) is 11.8 Å². The largest absolute Gasteiger partial charge is 0.633 e. The Bertz CT molecular complexity index is 298. The predicted octanol–water partition coefficient (Wildman–Crippen LogP) is 7.21. The third kappa shape index (κ3) is 8.91. The summed E-state index contributed by atoms with van der Waals surface area (Å²) < 4.78 is 0.157. The van der Waals surface area contributed by atoms with Crippen molar-refractivity contribution < 1.29 is 4.65 Å². The number of hydroxylamine groups is 3. The maximum Gasteiger partial charge on any atom is 0.0812 e. The highest BCUT2D eigenvalue weighted by atomic mass is 16.5. The predicted molar refractivity (Wildman–Crippen MR) is 109 cm³/mol. The summed E-state index contributed by atoms with van der Waals surface area (Å²) in [6.45, 7) is 5.05. The molecule has 0 bridgehead atoms. The van der Waals surface area contributed by atoms with Crippen LogP contribution in [0.25, 0.3) is 0 Å². The number of unbranched alkanes of at least 4 members (excludes halogenated alkanes) is 6. The summed E-state index contributed by atoms with van der Waals surface area (Å²) in [5.41, 5.74) is 0. The van der Waals surface area contributed by atoms with Crippen molar-refractivity contribution >= 4 is 0 Å². The van der Waals surface area contributed by atoms with Crippen molar-refractivity contribution in [3.8, 4) is 0 Å². The highest BCUT2D eigenvalue weighted by molar-refractivity contribution is 4.70. The van der Waals surface area contributed by atoms with E-state index in [1.165, 1.54) is 103 Å². The quantitative estimate of drug-likeness (QED) is 0.207. The zero-order valence-corrected chi connectivity index (χ0v) is 17.2. The molecule has 2 aliphatic carbocycles. The monoisotopic (exact) mass is 351 g/mol. The zero-order chi connectivity index (χ0) is 17.8. The summed E-state index contributed by atoms with van der Waals surface area (Å²) in [7, 11) is 0. The van der Waals surface area contributed by atoms with Crippen LogP contribution < -0.4 is 0 Å². The van der Waals surface area contributed by atoms with Crippen LogP contribution in [-0.2, 0) is 0 Å². The summed E-state index contributed by atoms with van der Waals surface area (Å²) in [4.78, 5) is 0. The molecule has 0 unspecified atom stereocenters. The van der Waals surface area contributed by atoms with Gasteiger partial charge in [-0.25, -0.2) is 0 Å². The molecule has 2 fully saturated rings. The standard InChI is InChI=1S/C23H45NO/c1-2-3-4-5-6-7-14-19-24(25,20-22-15-10-8-11-16-22)21-23-17-12-9-13-18-23/h22-23H,2-21H2,1H3. The lowest BCUT2D eigenvalue weighted by atomic mass is 9.86. The van der Waals surface area contributed by atoms with Crippen LogP contribution in [0.3, 0.4) is 0 Å². The highest BCUT2D eigenvalue weighted by Crippen LogP contribution is 2.31. The Kier molecular flexibility index (Phi) is 10.5. The fraction of sp³-hybridized carbons (Fsp3) is 1.00. The molecule has 0 aliphatic heterocycles. The van der Waals surface area contributed by atoms with Crippen LogP contribution in [0.5, 0.6) is 0 Å². The van der Waals surface area contributed by atoms with E-state index in [0.29, 0.717) is 0 Å². The summed E-state index contributed by atoms with van der Waals surface area (Å²) in [5.74, 6) is 1.44. The van der Waals surface area contributed by atoms with Crippen LogP contribution in [-0.4, -0.2) is 24.3 Å². The Morgan fingerprint density at radius 1 is 0.640 bits per heavy atom. The van der Waals surface area contributed by atoms with Gasteiger partial charge in [0.2, 0.25) is 0 Å². The fourth-order valence-corrected chi connectivity index (χ4v) is 5.29. The molecule has 2 saturated carbocycles. The Hall–Kier alpha value is -0.0800. The normalized spacial score (nSPS) is 20.9. The van der Waals surface area contributed by atoms with Gasteiger partial charge in [-0.15, -0.1) is 0 Å². The van der Waals surface area contributed by atoms with Crippen LogP contribution in [0.15, 0.2) is 0 Å². The molecule has 2 rings (SSSR count). The van der Waals surface area contributed by atoms with Gasteiger partial charge in [0.05, 0.1) is 19.6 Å². The zero-order valence-electron chi connectivity index (χ0n) is 17.2. The topological polar surface area (TPSA) is 23.1 Å². The van der Waals surface area contributed by atoms with Crippen molar-refractivity contribution in [1.82, 2.24) is 0 Å². The molecular formula is C23H45NO. The summed E-state index contributed by atoms with van der Waals surface area (Å²) >= 11 is 0. The maximum atomic E-state index is 13.7.